The molecule has 4 aromatic rings. The highest BCUT2D eigenvalue weighted by atomic mass is 16.5. The Kier molecular flexibility index (Phi) is 5.57. The van der Waals surface area contributed by atoms with E-state index in [1.165, 1.54) is 0 Å². The minimum absolute atomic E-state index is 0.292. The Bertz CT molecular complexity index is 1220. The Balaban J connectivity index is 1.63. The van der Waals surface area contributed by atoms with Crippen LogP contribution in [-0.4, -0.2) is 7.11 Å². The van der Waals surface area contributed by atoms with Crippen molar-refractivity contribution in [1.29, 1.82) is 0 Å². The topological polar surface area (TPSA) is 48.7 Å². The number of fused-ring (bicyclic) bond motifs is 1. The molecule has 3 aromatic carbocycles. The summed E-state index contributed by atoms with van der Waals surface area (Å²) in [5, 5.41) is 0.940. The number of benzene rings is 3. The molecule has 0 saturated carbocycles. The molecule has 0 fully saturated rings. The van der Waals surface area contributed by atoms with Crippen molar-refractivity contribution in [2.45, 2.75) is 26.9 Å². The summed E-state index contributed by atoms with van der Waals surface area (Å²) in [7, 11) is 1.64. The minimum atomic E-state index is -0.292. The Morgan fingerprint density at radius 3 is 2.27 bits per heavy atom. The van der Waals surface area contributed by atoms with Crippen LogP contribution in [0.3, 0.4) is 0 Å². The molecule has 0 N–H and O–H groups in total. The van der Waals surface area contributed by atoms with Crippen molar-refractivity contribution in [3.63, 3.8) is 0 Å². The number of aryl methyl sites for hydroxylation is 2. The van der Waals surface area contributed by atoms with Crippen LogP contribution in [-0.2, 0) is 13.0 Å². The van der Waals surface area contributed by atoms with Gasteiger partial charge < -0.3 is 13.9 Å². The summed E-state index contributed by atoms with van der Waals surface area (Å²) < 4.78 is 16.9. The number of rotatable bonds is 6. The molecule has 1 heterocycles. The summed E-state index contributed by atoms with van der Waals surface area (Å²) >= 11 is 0. The largest absolute Gasteiger partial charge is 0.497 e. The van der Waals surface area contributed by atoms with Gasteiger partial charge in [-0.05, 0) is 54.8 Å². The average molecular weight is 400 g/mol. The van der Waals surface area contributed by atoms with Crippen LogP contribution in [0.4, 0.5) is 0 Å². The summed E-state index contributed by atoms with van der Waals surface area (Å²) in [5.74, 6) is 1.51. The molecule has 1 aromatic heterocycles. The zero-order valence-corrected chi connectivity index (χ0v) is 17.4. The van der Waals surface area contributed by atoms with E-state index in [1.54, 1.807) is 7.11 Å². The third-order valence-corrected chi connectivity index (χ3v) is 5.43. The van der Waals surface area contributed by atoms with Gasteiger partial charge in [0.15, 0.2) is 0 Å². The number of hydrogen-bond acceptors (Lipinski definition) is 4. The fourth-order valence-electron chi connectivity index (χ4n) is 3.61. The molecule has 30 heavy (non-hydrogen) atoms. The molecule has 152 valence electrons. The van der Waals surface area contributed by atoms with Gasteiger partial charge in [0.25, 0.3) is 0 Å². The Morgan fingerprint density at radius 1 is 0.833 bits per heavy atom. The highest BCUT2D eigenvalue weighted by Gasteiger charge is 2.15. The van der Waals surface area contributed by atoms with Crippen LogP contribution >= 0.6 is 0 Å². The van der Waals surface area contributed by atoms with Crippen LogP contribution in [0, 0.1) is 13.8 Å². The molecular weight excluding hydrogens is 376 g/mol. The van der Waals surface area contributed by atoms with Gasteiger partial charge in [-0.3, -0.25) is 0 Å². The average Bonchev–Trinajstić information content (AvgIpc) is 2.78. The first kappa shape index (κ1) is 19.8. The summed E-state index contributed by atoms with van der Waals surface area (Å²) in [6, 6.07) is 21.6. The Morgan fingerprint density at radius 2 is 1.57 bits per heavy atom. The molecule has 0 bridgehead atoms. The molecule has 0 radical (unpaired) electrons. The second-order valence-electron chi connectivity index (χ2n) is 7.36. The van der Waals surface area contributed by atoms with E-state index < -0.39 is 0 Å². The molecule has 0 amide bonds. The van der Waals surface area contributed by atoms with E-state index in [2.05, 4.69) is 0 Å². The Hall–Kier alpha value is -3.53. The van der Waals surface area contributed by atoms with Crippen molar-refractivity contribution in [1.82, 2.24) is 0 Å². The van der Waals surface area contributed by atoms with Gasteiger partial charge in [0, 0.05) is 22.9 Å². The zero-order valence-electron chi connectivity index (χ0n) is 17.4. The third kappa shape index (κ3) is 3.94. The van der Waals surface area contributed by atoms with Crippen LogP contribution in [0.1, 0.15) is 27.8 Å². The van der Waals surface area contributed by atoms with E-state index in [4.69, 9.17) is 13.9 Å². The van der Waals surface area contributed by atoms with Gasteiger partial charge in [-0.15, -0.1) is 0 Å². The zero-order chi connectivity index (χ0) is 21.1. The highest BCUT2D eigenvalue weighted by molar-refractivity contribution is 5.85. The second kappa shape index (κ2) is 8.46. The predicted octanol–water partition coefficient (Wildman–Crippen LogP) is 5.59. The van der Waals surface area contributed by atoms with Gasteiger partial charge in [0.2, 0.25) is 0 Å². The van der Waals surface area contributed by atoms with Crippen LogP contribution in [0.5, 0.6) is 11.5 Å². The number of methoxy groups -OCH3 is 1. The molecule has 0 aliphatic rings. The van der Waals surface area contributed by atoms with Crippen molar-refractivity contribution in [2.24, 2.45) is 0 Å². The molecule has 0 saturated heterocycles. The van der Waals surface area contributed by atoms with Gasteiger partial charge in [0.05, 0.1) is 7.11 Å². The molecule has 0 aliphatic carbocycles. The number of hydrogen-bond donors (Lipinski definition) is 0. The molecule has 0 unspecified atom stereocenters. The summed E-state index contributed by atoms with van der Waals surface area (Å²) in [6.45, 7) is 4.32. The lowest BCUT2D eigenvalue weighted by Crippen LogP contribution is -2.11. The fourth-order valence-corrected chi connectivity index (χ4v) is 3.61. The van der Waals surface area contributed by atoms with E-state index >= 15 is 0 Å². The van der Waals surface area contributed by atoms with Gasteiger partial charge in [0.1, 0.15) is 23.7 Å². The van der Waals surface area contributed by atoms with E-state index in [1.807, 2.05) is 80.6 Å². The van der Waals surface area contributed by atoms with Crippen molar-refractivity contribution in [2.75, 3.05) is 7.11 Å². The van der Waals surface area contributed by atoms with Gasteiger partial charge >= 0.3 is 5.63 Å². The summed E-state index contributed by atoms with van der Waals surface area (Å²) in [4.78, 5) is 12.7. The van der Waals surface area contributed by atoms with Crippen LogP contribution < -0.4 is 15.1 Å². The SMILES string of the molecule is COc1ccc(COc2ccc3c(C)c(Cc4ccccc4)c(=O)oc3c2C)cc1. The molecule has 4 heteroatoms. The maximum absolute atomic E-state index is 12.7. The molecule has 4 nitrogen and oxygen atoms in total. The van der Waals surface area contributed by atoms with Crippen molar-refractivity contribution < 1.29 is 13.9 Å². The fraction of sp³-hybridized carbons (Fsp3) is 0.192. The lowest BCUT2D eigenvalue weighted by molar-refractivity contribution is 0.303. The van der Waals surface area contributed by atoms with Gasteiger partial charge in [-0.25, -0.2) is 4.79 Å². The second-order valence-corrected chi connectivity index (χ2v) is 7.36. The lowest BCUT2D eigenvalue weighted by atomic mass is 9.98. The minimum Gasteiger partial charge on any atom is -0.497 e. The molecule has 0 atom stereocenters. The van der Waals surface area contributed by atoms with E-state index in [-0.39, 0.29) is 5.63 Å². The standard InChI is InChI=1S/C26H24O4/c1-17-22-13-14-24(29-16-20-9-11-21(28-3)12-10-20)18(2)25(22)30-26(27)23(17)15-19-7-5-4-6-8-19/h4-14H,15-16H2,1-3H3. The maximum atomic E-state index is 12.7. The lowest BCUT2D eigenvalue weighted by Gasteiger charge is -2.13. The smallest absolute Gasteiger partial charge is 0.340 e. The third-order valence-electron chi connectivity index (χ3n) is 5.43. The predicted molar refractivity (Wildman–Crippen MR) is 119 cm³/mol. The first-order valence-electron chi connectivity index (χ1n) is 9.92. The quantitative estimate of drug-likeness (QED) is 0.396. The first-order valence-corrected chi connectivity index (χ1v) is 9.92. The monoisotopic (exact) mass is 400 g/mol. The van der Waals surface area contributed by atoms with Crippen molar-refractivity contribution >= 4 is 11.0 Å². The van der Waals surface area contributed by atoms with Crippen LogP contribution in [0.25, 0.3) is 11.0 Å². The van der Waals surface area contributed by atoms with E-state index in [0.29, 0.717) is 29.9 Å². The van der Waals surface area contributed by atoms with Gasteiger partial charge in [-0.1, -0.05) is 42.5 Å². The molecule has 0 spiro atoms. The van der Waals surface area contributed by atoms with E-state index in [0.717, 1.165) is 33.4 Å². The van der Waals surface area contributed by atoms with E-state index in [9.17, 15) is 4.79 Å². The maximum Gasteiger partial charge on any atom is 0.340 e. The first-order chi connectivity index (χ1) is 14.6. The van der Waals surface area contributed by atoms with Gasteiger partial charge in [-0.2, -0.15) is 0 Å². The molecule has 0 aliphatic heterocycles. The van der Waals surface area contributed by atoms with Crippen molar-refractivity contribution in [3.8, 4) is 11.5 Å². The molecular formula is C26H24O4. The summed E-state index contributed by atoms with van der Waals surface area (Å²) in [5.41, 5.74) is 4.89. The normalized spacial score (nSPS) is 10.9. The van der Waals surface area contributed by atoms with Crippen LogP contribution in [0.15, 0.2) is 75.9 Å². The Labute approximate surface area is 175 Å². The van der Waals surface area contributed by atoms with Crippen LogP contribution in [0.2, 0.25) is 0 Å². The molecule has 4 rings (SSSR count). The van der Waals surface area contributed by atoms with Crippen molar-refractivity contribution in [3.05, 3.63) is 105 Å². The summed E-state index contributed by atoms with van der Waals surface area (Å²) in [6.07, 6.45) is 0.555. The highest BCUT2D eigenvalue weighted by Crippen LogP contribution is 2.30. The number of ether oxygens (including phenoxy) is 2.